The summed E-state index contributed by atoms with van der Waals surface area (Å²) in [5.41, 5.74) is 3.41. The Morgan fingerprint density at radius 1 is 1.10 bits per heavy atom. The topological polar surface area (TPSA) is 58.8 Å². The number of carbonyl (C=O) groups excluding carboxylic acids is 1. The molecule has 1 amide bonds. The molecule has 1 saturated heterocycles. The van der Waals surface area contributed by atoms with Gasteiger partial charge in [0.1, 0.15) is 0 Å². The van der Waals surface area contributed by atoms with Gasteiger partial charge in [-0.15, -0.1) is 0 Å². The molecule has 1 atom stereocenters. The van der Waals surface area contributed by atoms with Gasteiger partial charge < -0.3 is 19.1 Å². The zero-order valence-corrected chi connectivity index (χ0v) is 17.5. The molecule has 0 radical (unpaired) electrons. The molecule has 4 rings (SSSR count). The molecule has 0 aliphatic carbocycles. The van der Waals surface area contributed by atoms with Gasteiger partial charge in [-0.05, 0) is 30.5 Å². The lowest BCUT2D eigenvalue weighted by Gasteiger charge is -2.25. The van der Waals surface area contributed by atoms with Gasteiger partial charge in [0.2, 0.25) is 0 Å². The number of nitrogens with zero attached hydrogens (tertiary/aromatic N) is 3. The van der Waals surface area contributed by atoms with E-state index in [1.807, 2.05) is 49.3 Å². The SMILES string of the molecule is CN(C)c1ccc(CN(CC2CCCO2)C(=O)c2cc(-c3ccccc3)on2)cc1. The van der Waals surface area contributed by atoms with E-state index in [2.05, 4.69) is 34.3 Å². The summed E-state index contributed by atoms with van der Waals surface area (Å²) in [5.74, 6) is 0.444. The maximum atomic E-state index is 13.3. The fourth-order valence-corrected chi connectivity index (χ4v) is 3.65. The van der Waals surface area contributed by atoms with Crippen molar-refractivity contribution >= 4 is 11.6 Å². The molecule has 2 heterocycles. The highest BCUT2D eigenvalue weighted by atomic mass is 16.5. The first-order chi connectivity index (χ1) is 14.6. The number of anilines is 1. The van der Waals surface area contributed by atoms with Crippen LogP contribution in [0.25, 0.3) is 11.3 Å². The van der Waals surface area contributed by atoms with E-state index in [-0.39, 0.29) is 12.0 Å². The van der Waals surface area contributed by atoms with Crippen LogP contribution in [0.15, 0.2) is 65.2 Å². The molecule has 6 nitrogen and oxygen atoms in total. The summed E-state index contributed by atoms with van der Waals surface area (Å²) in [7, 11) is 4.02. The summed E-state index contributed by atoms with van der Waals surface area (Å²) >= 11 is 0. The number of amides is 1. The second kappa shape index (κ2) is 9.13. The summed E-state index contributed by atoms with van der Waals surface area (Å²) in [6.45, 7) is 1.80. The third-order valence-electron chi connectivity index (χ3n) is 5.35. The first-order valence-corrected chi connectivity index (χ1v) is 10.3. The van der Waals surface area contributed by atoms with E-state index in [1.165, 1.54) is 0 Å². The van der Waals surface area contributed by atoms with Gasteiger partial charge in [0.25, 0.3) is 5.91 Å². The number of hydrogen-bond acceptors (Lipinski definition) is 5. The maximum Gasteiger partial charge on any atom is 0.276 e. The molecular weight excluding hydrogens is 378 g/mol. The van der Waals surface area contributed by atoms with E-state index in [1.54, 1.807) is 6.07 Å². The van der Waals surface area contributed by atoms with Gasteiger partial charge >= 0.3 is 0 Å². The molecule has 1 aromatic heterocycles. The number of benzene rings is 2. The molecule has 30 heavy (non-hydrogen) atoms. The molecule has 6 heteroatoms. The van der Waals surface area contributed by atoms with Gasteiger partial charge in [0.05, 0.1) is 6.10 Å². The Morgan fingerprint density at radius 3 is 2.53 bits per heavy atom. The summed E-state index contributed by atoms with van der Waals surface area (Å²) in [5, 5.41) is 4.05. The summed E-state index contributed by atoms with van der Waals surface area (Å²) < 4.78 is 11.2. The summed E-state index contributed by atoms with van der Waals surface area (Å²) in [4.78, 5) is 17.2. The highest BCUT2D eigenvalue weighted by Crippen LogP contribution is 2.23. The lowest BCUT2D eigenvalue weighted by molar-refractivity contribution is 0.0499. The number of rotatable bonds is 7. The zero-order valence-electron chi connectivity index (χ0n) is 17.5. The van der Waals surface area contributed by atoms with Gasteiger partial charge in [-0.25, -0.2) is 0 Å². The van der Waals surface area contributed by atoms with Crippen molar-refractivity contribution in [1.29, 1.82) is 0 Å². The van der Waals surface area contributed by atoms with Crippen molar-refractivity contribution in [2.24, 2.45) is 0 Å². The van der Waals surface area contributed by atoms with E-state index in [0.29, 0.717) is 24.5 Å². The molecule has 2 aromatic carbocycles. The lowest BCUT2D eigenvalue weighted by atomic mass is 10.1. The number of carbonyl (C=O) groups is 1. The van der Waals surface area contributed by atoms with Crippen LogP contribution in [0.2, 0.25) is 0 Å². The molecular formula is C24H27N3O3. The van der Waals surface area contributed by atoms with Crippen LogP contribution >= 0.6 is 0 Å². The van der Waals surface area contributed by atoms with Crippen LogP contribution in [0.5, 0.6) is 0 Å². The number of hydrogen-bond donors (Lipinski definition) is 0. The van der Waals surface area contributed by atoms with Crippen molar-refractivity contribution in [2.45, 2.75) is 25.5 Å². The Balaban J connectivity index is 1.54. The minimum absolute atomic E-state index is 0.0653. The van der Waals surface area contributed by atoms with Crippen LogP contribution in [0.4, 0.5) is 5.69 Å². The van der Waals surface area contributed by atoms with E-state index >= 15 is 0 Å². The maximum absolute atomic E-state index is 13.3. The van der Waals surface area contributed by atoms with Crippen molar-refractivity contribution in [3.63, 3.8) is 0 Å². The first-order valence-electron chi connectivity index (χ1n) is 10.3. The highest BCUT2D eigenvalue weighted by Gasteiger charge is 2.26. The predicted molar refractivity (Wildman–Crippen MR) is 116 cm³/mol. The van der Waals surface area contributed by atoms with Crippen molar-refractivity contribution in [1.82, 2.24) is 10.1 Å². The fraction of sp³-hybridized carbons (Fsp3) is 0.333. The summed E-state index contributed by atoms with van der Waals surface area (Å²) in [6.07, 6.45) is 2.07. The van der Waals surface area contributed by atoms with Gasteiger partial charge in [-0.3, -0.25) is 4.79 Å². The monoisotopic (exact) mass is 405 g/mol. The van der Waals surface area contributed by atoms with Crippen LogP contribution in [0.3, 0.4) is 0 Å². The van der Waals surface area contributed by atoms with Crippen LogP contribution in [0, 0.1) is 0 Å². The third kappa shape index (κ3) is 4.71. The molecule has 3 aromatic rings. The number of ether oxygens (including phenoxy) is 1. The predicted octanol–water partition coefficient (Wildman–Crippen LogP) is 4.23. The molecule has 0 spiro atoms. The van der Waals surface area contributed by atoms with Gasteiger partial charge in [-0.2, -0.15) is 0 Å². The van der Waals surface area contributed by atoms with Gasteiger partial charge in [0, 0.05) is 51.1 Å². The van der Waals surface area contributed by atoms with Crippen LogP contribution in [0.1, 0.15) is 28.9 Å². The molecule has 0 bridgehead atoms. The fourth-order valence-electron chi connectivity index (χ4n) is 3.65. The van der Waals surface area contributed by atoms with E-state index < -0.39 is 0 Å². The first kappa shape index (κ1) is 20.2. The Bertz CT molecular complexity index is 961. The molecule has 1 aliphatic rings. The molecule has 1 fully saturated rings. The normalized spacial score (nSPS) is 15.9. The Labute approximate surface area is 177 Å². The molecule has 0 saturated carbocycles. The van der Waals surface area contributed by atoms with E-state index in [0.717, 1.165) is 36.3 Å². The highest BCUT2D eigenvalue weighted by molar-refractivity contribution is 5.93. The molecule has 156 valence electrons. The summed E-state index contributed by atoms with van der Waals surface area (Å²) in [6, 6.07) is 19.6. The average Bonchev–Trinajstić information content (AvgIpc) is 3.46. The van der Waals surface area contributed by atoms with Crippen LogP contribution in [-0.4, -0.2) is 49.3 Å². The van der Waals surface area contributed by atoms with E-state index in [4.69, 9.17) is 9.26 Å². The van der Waals surface area contributed by atoms with Crippen LogP contribution in [-0.2, 0) is 11.3 Å². The Kier molecular flexibility index (Phi) is 6.14. The minimum Gasteiger partial charge on any atom is -0.378 e. The largest absolute Gasteiger partial charge is 0.378 e. The lowest BCUT2D eigenvalue weighted by Crippen LogP contribution is -2.37. The number of aromatic nitrogens is 1. The second-order valence-corrected chi connectivity index (χ2v) is 7.82. The minimum atomic E-state index is -0.145. The average molecular weight is 405 g/mol. The van der Waals surface area contributed by atoms with Crippen molar-refractivity contribution in [3.05, 3.63) is 71.9 Å². The van der Waals surface area contributed by atoms with Gasteiger partial charge in [-0.1, -0.05) is 47.6 Å². The van der Waals surface area contributed by atoms with Crippen molar-refractivity contribution in [3.8, 4) is 11.3 Å². The van der Waals surface area contributed by atoms with E-state index in [9.17, 15) is 4.79 Å². The zero-order chi connectivity index (χ0) is 20.9. The van der Waals surface area contributed by atoms with Gasteiger partial charge in [0.15, 0.2) is 11.5 Å². The molecule has 0 N–H and O–H groups in total. The Hall–Kier alpha value is -3.12. The molecule has 1 aliphatic heterocycles. The van der Waals surface area contributed by atoms with Crippen molar-refractivity contribution in [2.75, 3.05) is 32.1 Å². The standard InChI is InChI=1S/C24H27N3O3/c1-26(2)20-12-10-18(11-13-20)16-27(17-21-9-6-14-29-21)24(28)22-15-23(30-25-22)19-7-4-3-5-8-19/h3-5,7-8,10-13,15,21H,6,9,14,16-17H2,1-2H3. The Morgan fingerprint density at radius 2 is 1.87 bits per heavy atom. The van der Waals surface area contributed by atoms with Crippen molar-refractivity contribution < 1.29 is 14.1 Å². The smallest absolute Gasteiger partial charge is 0.276 e. The quantitative estimate of drug-likeness (QED) is 0.589. The molecule has 1 unspecified atom stereocenters. The van der Waals surface area contributed by atoms with Crippen LogP contribution < -0.4 is 4.90 Å². The third-order valence-corrected chi connectivity index (χ3v) is 5.35. The second-order valence-electron chi connectivity index (χ2n) is 7.82.